The Morgan fingerprint density at radius 2 is 1.42 bits per heavy atom. The van der Waals surface area contributed by atoms with Crippen LogP contribution in [0.1, 0.15) is 58.3 Å². The van der Waals surface area contributed by atoms with Crippen molar-refractivity contribution in [1.29, 1.82) is 0 Å². The maximum Gasteiger partial charge on any atom is 0.0568 e. The van der Waals surface area contributed by atoms with Gasteiger partial charge in [0.25, 0.3) is 0 Å². The molecule has 0 amide bonds. The molecular weight excluding hydrogens is 240 g/mol. The molecular formula is C15H34N2O2. The summed E-state index contributed by atoms with van der Waals surface area (Å²) in [6.45, 7) is 4.20. The molecule has 0 aromatic rings. The Balaban J connectivity index is 3.35. The van der Waals surface area contributed by atoms with E-state index >= 15 is 0 Å². The number of aliphatic hydroxyl groups excluding tert-OH is 1. The summed E-state index contributed by atoms with van der Waals surface area (Å²) in [7, 11) is 0. The highest BCUT2D eigenvalue weighted by molar-refractivity contribution is 4.80. The van der Waals surface area contributed by atoms with E-state index in [4.69, 9.17) is 16.2 Å². The molecule has 0 aliphatic rings. The van der Waals surface area contributed by atoms with Gasteiger partial charge in [-0.1, -0.05) is 51.9 Å². The van der Waals surface area contributed by atoms with Gasteiger partial charge in [0.1, 0.15) is 0 Å². The topological polar surface area (TPSA) is 81.5 Å². The zero-order valence-corrected chi connectivity index (χ0v) is 12.7. The lowest BCUT2D eigenvalue weighted by atomic mass is 9.90. The third-order valence-corrected chi connectivity index (χ3v) is 3.75. The van der Waals surface area contributed by atoms with Crippen LogP contribution in [0.5, 0.6) is 0 Å². The summed E-state index contributed by atoms with van der Waals surface area (Å²) in [6, 6.07) is 0. The summed E-state index contributed by atoms with van der Waals surface area (Å²) in [5.41, 5.74) is 10.8. The second kappa shape index (κ2) is 12.9. The number of nitrogens with two attached hydrogens (primary N) is 2. The van der Waals surface area contributed by atoms with Crippen LogP contribution in [0.3, 0.4) is 0 Å². The lowest BCUT2D eigenvalue weighted by Gasteiger charge is -2.28. The fourth-order valence-corrected chi connectivity index (χ4v) is 2.00. The molecule has 0 fully saturated rings. The van der Waals surface area contributed by atoms with Crippen molar-refractivity contribution >= 4 is 0 Å². The second-order valence-corrected chi connectivity index (χ2v) is 5.59. The molecule has 0 aromatic carbocycles. The smallest absolute Gasteiger partial charge is 0.0568 e. The summed E-state index contributed by atoms with van der Waals surface area (Å²) in [5, 5.41) is 9.28. The maximum atomic E-state index is 9.28. The van der Waals surface area contributed by atoms with Gasteiger partial charge in [0.05, 0.1) is 13.2 Å². The van der Waals surface area contributed by atoms with Crippen molar-refractivity contribution in [2.24, 2.45) is 16.9 Å². The van der Waals surface area contributed by atoms with Crippen LogP contribution in [-0.2, 0) is 4.74 Å². The summed E-state index contributed by atoms with van der Waals surface area (Å²) in [6.07, 6.45) is 10.4. The van der Waals surface area contributed by atoms with Crippen LogP contribution >= 0.6 is 0 Å². The lowest BCUT2D eigenvalue weighted by molar-refractivity contribution is 0.0153. The van der Waals surface area contributed by atoms with E-state index in [0.717, 1.165) is 13.0 Å². The van der Waals surface area contributed by atoms with Crippen LogP contribution in [0, 0.1) is 5.41 Å². The first-order chi connectivity index (χ1) is 9.24. The van der Waals surface area contributed by atoms with Crippen LogP contribution < -0.4 is 11.5 Å². The van der Waals surface area contributed by atoms with Gasteiger partial charge < -0.3 is 21.3 Å². The van der Waals surface area contributed by atoms with Gasteiger partial charge >= 0.3 is 0 Å². The van der Waals surface area contributed by atoms with Gasteiger partial charge in [-0.25, -0.2) is 0 Å². The van der Waals surface area contributed by atoms with Crippen molar-refractivity contribution in [3.8, 4) is 0 Å². The molecule has 4 nitrogen and oxygen atoms in total. The van der Waals surface area contributed by atoms with Crippen LogP contribution in [0.25, 0.3) is 0 Å². The molecule has 116 valence electrons. The highest BCUT2D eigenvalue weighted by Gasteiger charge is 2.26. The minimum absolute atomic E-state index is 0.00255. The molecule has 0 aromatic heterocycles. The zero-order chi connectivity index (χ0) is 14.4. The van der Waals surface area contributed by atoms with Crippen molar-refractivity contribution in [1.82, 2.24) is 0 Å². The van der Waals surface area contributed by atoms with Crippen LogP contribution in [0.2, 0.25) is 0 Å². The number of ether oxygens (including phenoxy) is 1. The van der Waals surface area contributed by atoms with Gasteiger partial charge in [0, 0.05) is 25.1 Å². The predicted molar refractivity (Wildman–Crippen MR) is 81.1 cm³/mol. The van der Waals surface area contributed by atoms with Crippen molar-refractivity contribution in [2.75, 3.05) is 32.9 Å². The highest BCUT2D eigenvalue weighted by atomic mass is 16.5. The zero-order valence-electron chi connectivity index (χ0n) is 12.7. The van der Waals surface area contributed by atoms with Crippen molar-refractivity contribution in [3.63, 3.8) is 0 Å². The highest BCUT2D eigenvalue weighted by Crippen LogP contribution is 2.14. The van der Waals surface area contributed by atoms with Crippen LogP contribution in [0.4, 0.5) is 0 Å². The Bertz CT molecular complexity index is 177. The molecule has 0 spiro atoms. The van der Waals surface area contributed by atoms with E-state index in [1.807, 2.05) is 0 Å². The number of rotatable bonds is 14. The first-order valence-electron chi connectivity index (χ1n) is 7.83. The molecule has 0 saturated heterocycles. The first kappa shape index (κ1) is 18.8. The standard InChI is InChI=1S/C15H34N2O2/c1-2-3-4-5-6-7-8-9-10-19-14-15(11-16,12-17)13-18/h18H,2-14,16-17H2,1H3. The maximum absolute atomic E-state index is 9.28. The summed E-state index contributed by atoms with van der Waals surface area (Å²) < 4.78 is 5.60. The fourth-order valence-electron chi connectivity index (χ4n) is 2.00. The summed E-state index contributed by atoms with van der Waals surface area (Å²) in [5.74, 6) is 0. The van der Waals surface area contributed by atoms with Gasteiger partial charge in [-0.3, -0.25) is 0 Å². The molecule has 0 unspecified atom stereocenters. The molecule has 0 aliphatic carbocycles. The normalized spacial score (nSPS) is 12.0. The SMILES string of the molecule is CCCCCCCCCCOCC(CN)(CN)CO. The Kier molecular flexibility index (Phi) is 12.7. The molecule has 5 N–H and O–H groups in total. The number of aliphatic hydroxyl groups is 1. The van der Waals surface area contributed by atoms with Crippen LogP contribution in [0.15, 0.2) is 0 Å². The second-order valence-electron chi connectivity index (χ2n) is 5.59. The van der Waals surface area contributed by atoms with Crippen molar-refractivity contribution in [2.45, 2.75) is 58.3 Å². The van der Waals surface area contributed by atoms with E-state index in [9.17, 15) is 5.11 Å². The third-order valence-electron chi connectivity index (χ3n) is 3.75. The average Bonchev–Trinajstić information content (AvgIpc) is 2.46. The van der Waals surface area contributed by atoms with Gasteiger partial charge in [-0.15, -0.1) is 0 Å². The monoisotopic (exact) mass is 274 g/mol. The minimum atomic E-state index is -0.444. The minimum Gasteiger partial charge on any atom is -0.396 e. The van der Waals surface area contributed by atoms with Gasteiger partial charge in [-0.2, -0.15) is 0 Å². The first-order valence-corrected chi connectivity index (χ1v) is 7.83. The van der Waals surface area contributed by atoms with Gasteiger partial charge in [0.15, 0.2) is 0 Å². The van der Waals surface area contributed by atoms with E-state index in [2.05, 4.69) is 6.92 Å². The fraction of sp³-hybridized carbons (Fsp3) is 1.00. The Morgan fingerprint density at radius 1 is 0.895 bits per heavy atom. The molecule has 0 radical (unpaired) electrons. The van der Waals surface area contributed by atoms with E-state index in [-0.39, 0.29) is 6.61 Å². The molecule has 19 heavy (non-hydrogen) atoms. The molecule has 0 atom stereocenters. The quantitative estimate of drug-likeness (QED) is 0.423. The van der Waals surface area contributed by atoms with Gasteiger partial charge in [-0.05, 0) is 6.42 Å². The molecule has 0 aliphatic heterocycles. The molecule has 4 heteroatoms. The number of hydrogen-bond donors (Lipinski definition) is 3. The van der Waals surface area contributed by atoms with E-state index < -0.39 is 5.41 Å². The lowest BCUT2D eigenvalue weighted by Crippen LogP contribution is -2.45. The van der Waals surface area contributed by atoms with Crippen molar-refractivity contribution in [3.05, 3.63) is 0 Å². The predicted octanol–water partition coefficient (Wildman–Crippen LogP) is 2.04. The third kappa shape index (κ3) is 9.38. The molecule has 0 saturated carbocycles. The molecule has 0 rings (SSSR count). The van der Waals surface area contributed by atoms with Gasteiger partial charge in [0.2, 0.25) is 0 Å². The van der Waals surface area contributed by atoms with E-state index in [1.165, 1.54) is 44.9 Å². The summed E-state index contributed by atoms with van der Waals surface area (Å²) in [4.78, 5) is 0. The Hall–Kier alpha value is -0.160. The largest absolute Gasteiger partial charge is 0.396 e. The molecule has 0 bridgehead atoms. The Labute approximate surface area is 118 Å². The molecule has 0 heterocycles. The van der Waals surface area contributed by atoms with E-state index in [0.29, 0.717) is 19.7 Å². The number of unbranched alkanes of at least 4 members (excludes halogenated alkanes) is 7. The van der Waals surface area contributed by atoms with Crippen molar-refractivity contribution < 1.29 is 9.84 Å². The average molecular weight is 274 g/mol. The van der Waals surface area contributed by atoms with E-state index in [1.54, 1.807) is 0 Å². The van der Waals surface area contributed by atoms with Crippen LogP contribution in [-0.4, -0.2) is 38.0 Å². The Morgan fingerprint density at radius 3 is 1.89 bits per heavy atom. The number of hydrogen-bond acceptors (Lipinski definition) is 4. The summed E-state index contributed by atoms with van der Waals surface area (Å²) >= 11 is 0.